The summed E-state index contributed by atoms with van der Waals surface area (Å²) in [6.45, 7) is 0. The van der Waals surface area contributed by atoms with Crippen molar-refractivity contribution in [3.63, 3.8) is 0 Å². The minimum Gasteiger partial charge on any atom is -0.0351 e. The summed E-state index contributed by atoms with van der Waals surface area (Å²) >= 11 is -3.29. The number of halogens is 1. The molecule has 0 unspecified atom stereocenters. The predicted octanol–water partition coefficient (Wildman–Crippen LogP) is 10.0. The van der Waals surface area contributed by atoms with Crippen molar-refractivity contribution in [1.82, 2.24) is 0 Å². The first-order chi connectivity index (χ1) is 25.2. The Kier molecular flexibility index (Phi) is 9.16. The third-order valence-corrected chi connectivity index (χ3v) is 19.8. The molecule has 0 aliphatic rings. The van der Waals surface area contributed by atoms with Crippen molar-refractivity contribution in [3.8, 4) is 22.3 Å². The minimum absolute atomic E-state index is 0.247. The molecule has 0 spiro atoms. The van der Waals surface area contributed by atoms with Crippen molar-refractivity contribution >= 4 is 47.9 Å². The van der Waals surface area contributed by atoms with Gasteiger partial charge >= 0.3 is 223 Å². The molecular formula is C48H36FGeN. The number of benzene rings is 8. The third-order valence-electron chi connectivity index (χ3n) is 9.71. The van der Waals surface area contributed by atoms with E-state index in [9.17, 15) is 4.39 Å². The van der Waals surface area contributed by atoms with Crippen LogP contribution in [0.1, 0.15) is 0 Å². The van der Waals surface area contributed by atoms with E-state index in [0.29, 0.717) is 0 Å². The zero-order chi connectivity index (χ0) is 34.5. The molecule has 0 amide bonds. The second-order valence-corrected chi connectivity index (χ2v) is 20.7. The molecule has 0 atom stereocenters. The average Bonchev–Trinajstić information content (AvgIpc) is 3.21. The molecule has 244 valence electrons. The molecule has 51 heavy (non-hydrogen) atoms. The Hall–Kier alpha value is -5.97. The van der Waals surface area contributed by atoms with Crippen LogP contribution in [0.25, 0.3) is 22.3 Å². The summed E-state index contributed by atoms with van der Waals surface area (Å²) in [4.78, 5) is 2.14. The molecule has 0 aliphatic carbocycles. The molecule has 8 aromatic carbocycles. The van der Waals surface area contributed by atoms with Crippen molar-refractivity contribution in [2.24, 2.45) is 0 Å². The topological polar surface area (TPSA) is 3.24 Å². The monoisotopic (exact) mass is 719 g/mol. The van der Waals surface area contributed by atoms with Gasteiger partial charge in [0.2, 0.25) is 0 Å². The Morgan fingerprint density at radius 1 is 0.275 bits per heavy atom. The smallest absolute Gasteiger partial charge is 0.0242 e. The largest absolute Gasteiger partial charge is 0.0351 e. The van der Waals surface area contributed by atoms with E-state index in [1.165, 1.54) is 40.8 Å². The van der Waals surface area contributed by atoms with Crippen LogP contribution in [-0.4, -0.2) is 13.3 Å². The number of hydrogen-bond acceptors (Lipinski definition) is 1. The van der Waals surface area contributed by atoms with E-state index < -0.39 is 13.3 Å². The van der Waals surface area contributed by atoms with Gasteiger partial charge in [-0.3, -0.25) is 0 Å². The Labute approximate surface area is 302 Å². The summed E-state index contributed by atoms with van der Waals surface area (Å²) in [6, 6.07) is 76.8. The molecule has 8 aromatic rings. The zero-order valence-corrected chi connectivity index (χ0v) is 30.2. The Balaban J connectivity index is 1.10. The van der Waals surface area contributed by atoms with Gasteiger partial charge in [-0.25, -0.2) is 4.39 Å². The maximum absolute atomic E-state index is 13.8. The zero-order valence-electron chi connectivity index (χ0n) is 28.1. The number of rotatable bonds is 9. The van der Waals surface area contributed by atoms with Crippen LogP contribution in [0.2, 0.25) is 0 Å². The number of para-hydroxylation sites is 1. The molecule has 3 heteroatoms. The van der Waals surface area contributed by atoms with Crippen molar-refractivity contribution in [2.75, 3.05) is 4.90 Å². The number of nitrogens with zero attached hydrogens (tertiary/aromatic N) is 1. The Morgan fingerprint density at radius 2 is 0.549 bits per heavy atom. The van der Waals surface area contributed by atoms with E-state index in [1.807, 2.05) is 30.3 Å². The molecule has 8 rings (SSSR count). The van der Waals surface area contributed by atoms with Crippen LogP contribution in [0.15, 0.2) is 218 Å². The molecule has 0 saturated heterocycles. The fourth-order valence-electron chi connectivity index (χ4n) is 7.25. The fraction of sp³-hybridized carbons (Fsp3) is 0. The van der Waals surface area contributed by atoms with Gasteiger partial charge in [-0.2, -0.15) is 0 Å². The van der Waals surface area contributed by atoms with Gasteiger partial charge in [0.25, 0.3) is 0 Å². The van der Waals surface area contributed by atoms with Crippen LogP contribution in [0, 0.1) is 5.82 Å². The van der Waals surface area contributed by atoms with Crippen molar-refractivity contribution in [2.45, 2.75) is 0 Å². The van der Waals surface area contributed by atoms with Crippen LogP contribution in [-0.2, 0) is 0 Å². The average molecular weight is 718 g/mol. The van der Waals surface area contributed by atoms with Crippen molar-refractivity contribution in [3.05, 3.63) is 224 Å². The van der Waals surface area contributed by atoms with Crippen molar-refractivity contribution < 1.29 is 4.39 Å². The Morgan fingerprint density at radius 3 is 0.941 bits per heavy atom. The van der Waals surface area contributed by atoms with Gasteiger partial charge in [0, 0.05) is 11.4 Å². The quantitative estimate of drug-likeness (QED) is 0.134. The van der Waals surface area contributed by atoms with Crippen LogP contribution in [0.4, 0.5) is 21.5 Å². The number of anilines is 3. The van der Waals surface area contributed by atoms with Crippen molar-refractivity contribution in [1.29, 1.82) is 0 Å². The predicted molar refractivity (Wildman–Crippen MR) is 216 cm³/mol. The molecular weight excluding hydrogens is 682 g/mol. The van der Waals surface area contributed by atoms with E-state index >= 15 is 0 Å². The summed E-state index contributed by atoms with van der Waals surface area (Å²) in [5, 5.41) is 0. The molecule has 1 nitrogen and oxygen atoms in total. The fourth-order valence-corrected chi connectivity index (χ4v) is 17.2. The van der Waals surface area contributed by atoms with Gasteiger partial charge in [0.05, 0.1) is 0 Å². The molecule has 0 fully saturated rings. The number of hydrogen-bond donors (Lipinski definition) is 0. The normalized spacial score (nSPS) is 11.2. The van der Waals surface area contributed by atoms with Crippen LogP contribution >= 0.6 is 0 Å². The van der Waals surface area contributed by atoms with Crippen LogP contribution < -0.4 is 22.5 Å². The van der Waals surface area contributed by atoms with Gasteiger partial charge < -0.3 is 4.90 Å². The molecule has 0 aromatic heterocycles. The molecule has 0 heterocycles. The minimum atomic E-state index is -3.29. The van der Waals surface area contributed by atoms with E-state index in [-0.39, 0.29) is 5.82 Å². The first-order valence-electron chi connectivity index (χ1n) is 17.3. The van der Waals surface area contributed by atoms with Gasteiger partial charge in [0.1, 0.15) is 5.82 Å². The van der Waals surface area contributed by atoms with E-state index in [0.717, 1.165) is 28.2 Å². The third kappa shape index (κ3) is 6.43. The van der Waals surface area contributed by atoms with Gasteiger partial charge in [-0.1, -0.05) is 18.2 Å². The Bertz CT molecular complexity index is 2210. The first-order valence-corrected chi connectivity index (χ1v) is 21.5. The maximum Gasteiger partial charge on any atom is -0.0242 e. The first kappa shape index (κ1) is 32.2. The summed E-state index contributed by atoms with van der Waals surface area (Å²) < 4.78 is 19.4. The second-order valence-electron chi connectivity index (χ2n) is 12.7. The van der Waals surface area contributed by atoms with Gasteiger partial charge in [0.15, 0.2) is 0 Å². The molecule has 0 N–H and O–H groups in total. The SMILES string of the molecule is Fc1ccc(N(c2ccccc2)c2ccc(-c3ccc(-c4cc[c]([Ge]([c]5ccccc5)([c]5ccccc5)[c]5ccccc5)cc4)cc3)cc2)cc1. The summed E-state index contributed by atoms with van der Waals surface area (Å²) in [5.41, 5.74) is 7.61. The van der Waals surface area contributed by atoms with Gasteiger partial charge in [-0.05, 0) is 36.4 Å². The maximum atomic E-state index is 13.8. The molecule has 0 bridgehead atoms. The summed E-state index contributed by atoms with van der Waals surface area (Å²) in [7, 11) is 0. The standard InChI is InChI=1S/C48H36FGeN/c49-41-29-35-48(36-30-41)51(46-19-11-4-12-20-46)47-33-27-40(28-34-47)38-23-21-37(22-24-38)39-25-31-45(32-26-39)50(42-13-5-1-6-14-42,43-15-7-2-8-16-43)44-17-9-3-10-18-44/h1-36H. The molecule has 0 radical (unpaired) electrons. The van der Waals surface area contributed by atoms with Gasteiger partial charge in [-0.15, -0.1) is 0 Å². The van der Waals surface area contributed by atoms with E-state index in [4.69, 9.17) is 0 Å². The summed E-state index contributed by atoms with van der Waals surface area (Å²) in [6.07, 6.45) is 0. The van der Waals surface area contributed by atoms with E-state index in [1.54, 1.807) is 0 Å². The molecule has 0 saturated carbocycles. The second kappa shape index (κ2) is 14.5. The molecule has 0 aliphatic heterocycles. The van der Waals surface area contributed by atoms with Crippen LogP contribution in [0.3, 0.4) is 0 Å². The van der Waals surface area contributed by atoms with Crippen LogP contribution in [0.5, 0.6) is 0 Å². The van der Waals surface area contributed by atoms with E-state index in [2.05, 4.69) is 181 Å². The summed E-state index contributed by atoms with van der Waals surface area (Å²) in [5.74, 6) is -0.247.